The number of alkyl halides is 3. The van der Waals surface area contributed by atoms with Gasteiger partial charge in [-0.1, -0.05) is 71.2 Å². The normalized spacial score (nSPS) is 11.6. The maximum Gasteiger partial charge on any atom is 0.180 e. The summed E-state index contributed by atoms with van der Waals surface area (Å²) >= 11 is 14.4. The molecule has 34 heavy (non-hydrogen) atoms. The fourth-order valence-corrected chi connectivity index (χ4v) is 3.99. The molecular formula is C25H13Cl3N6. The summed E-state index contributed by atoms with van der Waals surface area (Å²) in [6.07, 6.45) is 0. The maximum atomic E-state index is 4.91. The molecule has 0 N–H and O–H groups in total. The second-order valence-electron chi connectivity index (χ2n) is 7.48. The summed E-state index contributed by atoms with van der Waals surface area (Å²) in [5.74, 6) is 0. The van der Waals surface area contributed by atoms with Gasteiger partial charge in [0, 0.05) is 0 Å². The second-order valence-corrected chi connectivity index (χ2v) is 9.46. The van der Waals surface area contributed by atoms with Crippen molar-refractivity contribution >= 4 is 101 Å². The van der Waals surface area contributed by atoms with Gasteiger partial charge in [-0.05, 0) is 36.4 Å². The number of hydrogen-bond acceptors (Lipinski definition) is 6. The lowest BCUT2D eigenvalue weighted by atomic mass is 10.1. The highest BCUT2D eigenvalue weighted by molar-refractivity contribution is 6.63. The molecule has 3 aromatic heterocycles. The van der Waals surface area contributed by atoms with Crippen LogP contribution in [-0.2, 0) is 0 Å². The summed E-state index contributed by atoms with van der Waals surface area (Å²) in [5.41, 5.74) is 9.05. The molecule has 0 radical (unpaired) electrons. The van der Waals surface area contributed by atoms with Gasteiger partial charge in [-0.2, -0.15) is 0 Å². The van der Waals surface area contributed by atoms with E-state index in [-0.39, 0.29) is 0 Å². The molecule has 9 heteroatoms. The largest absolute Gasteiger partial charge is 0.242 e. The van der Waals surface area contributed by atoms with Crippen LogP contribution in [-0.4, -0.2) is 34.2 Å². The minimum atomic E-state index is -0.750. The van der Waals surface area contributed by atoms with Crippen LogP contribution in [0.4, 0.5) is 0 Å². The van der Waals surface area contributed by atoms with E-state index in [9.17, 15) is 0 Å². The molecule has 0 unspecified atom stereocenters. The average Bonchev–Trinajstić information content (AvgIpc) is 2.85. The van der Waals surface area contributed by atoms with E-state index in [1.54, 1.807) is 0 Å². The van der Waals surface area contributed by atoms with E-state index in [1.807, 2.05) is 72.8 Å². The van der Waals surface area contributed by atoms with Crippen LogP contribution < -0.4 is 0 Å². The molecule has 4 aromatic carbocycles. The van der Waals surface area contributed by atoms with Crippen molar-refractivity contribution in [2.45, 2.75) is 4.30 Å². The molecule has 0 atom stereocenters. The van der Waals surface area contributed by atoms with Crippen molar-refractivity contribution in [1.29, 1.82) is 0 Å². The van der Waals surface area contributed by atoms with E-state index in [1.165, 1.54) is 0 Å². The molecule has 7 rings (SSSR count). The molecule has 0 fully saturated rings. The lowest BCUT2D eigenvalue weighted by Gasteiger charge is -2.10. The molecule has 7 aromatic rings. The van der Waals surface area contributed by atoms with Crippen LogP contribution >= 0.6 is 34.8 Å². The lowest BCUT2D eigenvalue weighted by molar-refractivity contribution is 1.34. The van der Waals surface area contributed by atoms with Crippen molar-refractivity contribution in [2.24, 2.45) is 0 Å². The Labute approximate surface area is 207 Å². The summed E-state index contributed by atoms with van der Waals surface area (Å²) in [7, 11) is 0. The number of rotatable bonds is 0. The van der Waals surface area contributed by atoms with Crippen LogP contribution in [0.25, 0.3) is 66.2 Å². The predicted molar refractivity (Wildman–Crippen MR) is 140 cm³/mol. The first kappa shape index (κ1) is 21.1. The third-order valence-electron chi connectivity index (χ3n) is 5.38. The Kier molecular flexibility index (Phi) is 5.21. The van der Waals surface area contributed by atoms with Gasteiger partial charge in [-0.15, -0.1) is 0 Å². The lowest BCUT2D eigenvalue weighted by Crippen LogP contribution is -1.98. The minimum absolute atomic E-state index is 0.694. The summed E-state index contributed by atoms with van der Waals surface area (Å²) in [6.45, 7) is 0. The van der Waals surface area contributed by atoms with Crippen LogP contribution in [0.1, 0.15) is 0 Å². The predicted octanol–water partition coefficient (Wildman–Crippen LogP) is 6.96. The van der Waals surface area contributed by atoms with Crippen molar-refractivity contribution in [3.8, 4) is 0 Å². The molecule has 0 aliphatic heterocycles. The smallest absolute Gasteiger partial charge is 0.180 e. The third kappa shape index (κ3) is 3.60. The SMILES string of the molecule is ClC(Cl)Cl.c1ccc2nc3c(nc2c1)c1nc2ccccc2nc1c1nc2ccccc2nc31. The van der Waals surface area contributed by atoms with Crippen molar-refractivity contribution in [3.05, 3.63) is 72.8 Å². The first-order valence-electron chi connectivity index (χ1n) is 10.3. The van der Waals surface area contributed by atoms with Gasteiger partial charge >= 0.3 is 0 Å². The van der Waals surface area contributed by atoms with Crippen LogP contribution in [0.5, 0.6) is 0 Å². The number of para-hydroxylation sites is 6. The highest BCUT2D eigenvalue weighted by Crippen LogP contribution is 2.32. The fraction of sp³-hybridized carbons (Fsp3) is 0.0400. The molecule has 164 valence electrons. The molecule has 0 aliphatic rings. The highest BCUT2D eigenvalue weighted by atomic mass is 35.6. The van der Waals surface area contributed by atoms with Crippen molar-refractivity contribution in [3.63, 3.8) is 0 Å². The quantitative estimate of drug-likeness (QED) is 0.126. The number of hydrogen-bond donors (Lipinski definition) is 0. The second kappa shape index (κ2) is 8.40. The Balaban J connectivity index is 0.000000507. The van der Waals surface area contributed by atoms with E-state index >= 15 is 0 Å². The van der Waals surface area contributed by atoms with Gasteiger partial charge in [-0.25, -0.2) is 29.9 Å². The van der Waals surface area contributed by atoms with Gasteiger partial charge in [0.25, 0.3) is 0 Å². The molecule has 6 nitrogen and oxygen atoms in total. The standard InChI is InChI=1S/C24H12N6.CHCl3/c1-2-8-14-13(7-1)25-19-20(26-14)22-24(30-18-12-6-5-11-17(18)28-22)23-21(19)27-15-9-3-4-10-16(15)29-23;2-1(3)4/h1-12H;1H. The van der Waals surface area contributed by atoms with Crippen LogP contribution in [0, 0.1) is 0 Å². The van der Waals surface area contributed by atoms with E-state index in [2.05, 4.69) is 0 Å². The zero-order chi connectivity index (χ0) is 23.2. The molecule has 0 spiro atoms. The minimum Gasteiger partial charge on any atom is -0.242 e. The molecule has 0 saturated carbocycles. The topological polar surface area (TPSA) is 77.3 Å². The van der Waals surface area contributed by atoms with E-state index < -0.39 is 4.30 Å². The maximum absolute atomic E-state index is 4.91. The van der Waals surface area contributed by atoms with Crippen LogP contribution in [0.3, 0.4) is 0 Å². The van der Waals surface area contributed by atoms with Gasteiger partial charge in [0.2, 0.25) is 0 Å². The fourth-order valence-electron chi connectivity index (χ4n) is 3.99. The average molecular weight is 504 g/mol. The van der Waals surface area contributed by atoms with E-state index in [4.69, 9.17) is 64.7 Å². The van der Waals surface area contributed by atoms with Crippen molar-refractivity contribution < 1.29 is 0 Å². The first-order valence-corrected chi connectivity index (χ1v) is 11.6. The number of fused-ring (bicyclic) bond motifs is 9. The molecular weight excluding hydrogens is 491 g/mol. The van der Waals surface area contributed by atoms with Gasteiger partial charge in [0.05, 0.1) is 33.1 Å². The Morgan fingerprint density at radius 1 is 0.353 bits per heavy atom. The first-order chi connectivity index (χ1) is 16.6. The van der Waals surface area contributed by atoms with E-state index in [0.29, 0.717) is 33.1 Å². The van der Waals surface area contributed by atoms with Gasteiger partial charge in [-0.3, -0.25) is 0 Å². The summed E-state index contributed by atoms with van der Waals surface area (Å²) in [5, 5.41) is 0. The third-order valence-corrected chi connectivity index (χ3v) is 5.38. The molecule has 0 amide bonds. The molecule has 0 aliphatic carbocycles. The summed E-state index contributed by atoms with van der Waals surface area (Å²) in [4.78, 5) is 29.5. The molecule has 0 bridgehead atoms. The number of benzene rings is 4. The van der Waals surface area contributed by atoms with Gasteiger partial charge in [0.15, 0.2) is 4.30 Å². The Morgan fingerprint density at radius 2 is 0.500 bits per heavy atom. The summed E-state index contributed by atoms with van der Waals surface area (Å²) in [6, 6.07) is 23.5. The number of aromatic nitrogens is 6. The summed E-state index contributed by atoms with van der Waals surface area (Å²) < 4.78 is -0.750. The Bertz CT molecular complexity index is 1500. The van der Waals surface area contributed by atoms with Gasteiger partial charge < -0.3 is 0 Å². The van der Waals surface area contributed by atoms with Crippen molar-refractivity contribution in [1.82, 2.24) is 29.9 Å². The van der Waals surface area contributed by atoms with Crippen molar-refractivity contribution in [2.75, 3.05) is 0 Å². The van der Waals surface area contributed by atoms with Gasteiger partial charge in [0.1, 0.15) is 33.1 Å². The Morgan fingerprint density at radius 3 is 0.647 bits per heavy atom. The van der Waals surface area contributed by atoms with Crippen LogP contribution in [0.15, 0.2) is 72.8 Å². The zero-order valence-corrected chi connectivity index (χ0v) is 19.6. The Hall–Kier alpha value is -3.45. The zero-order valence-electron chi connectivity index (χ0n) is 17.3. The number of nitrogens with zero attached hydrogens (tertiary/aromatic N) is 6. The highest BCUT2D eigenvalue weighted by Gasteiger charge is 2.18. The number of halogens is 3. The molecule has 0 saturated heterocycles. The molecule has 3 heterocycles. The monoisotopic (exact) mass is 502 g/mol. The van der Waals surface area contributed by atoms with E-state index in [0.717, 1.165) is 33.1 Å². The van der Waals surface area contributed by atoms with Crippen LogP contribution in [0.2, 0.25) is 0 Å².